The average Bonchev–Trinajstić information content (AvgIpc) is 2.47. The maximum atomic E-state index is 12.7. The SMILES string of the molecule is C/C(=C\C(=O)N1CCC(O)CC1)c1cccc(C(F)(F)F)c1. The summed E-state index contributed by atoms with van der Waals surface area (Å²) in [4.78, 5) is 13.7. The Balaban J connectivity index is 2.13. The molecule has 0 bridgehead atoms. The van der Waals surface area contributed by atoms with E-state index in [1.807, 2.05) is 0 Å². The molecule has 0 aliphatic carbocycles. The van der Waals surface area contributed by atoms with E-state index in [9.17, 15) is 23.1 Å². The molecule has 0 aromatic heterocycles. The van der Waals surface area contributed by atoms with Crippen LogP contribution in [0, 0.1) is 0 Å². The van der Waals surface area contributed by atoms with Gasteiger partial charge in [0.05, 0.1) is 11.7 Å². The molecule has 0 radical (unpaired) electrons. The summed E-state index contributed by atoms with van der Waals surface area (Å²) < 4.78 is 38.1. The first-order chi connectivity index (χ1) is 10.3. The van der Waals surface area contributed by atoms with Crippen LogP contribution in [-0.4, -0.2) is 35.1 Å². The van der Waals surface area contributed by atoms with Gasteiger partial charge in [-0.2, -0.15) is 13.2 Å². The summed E-state index contributed by atoms with van der Waals surface area (Å²) in [6, 6.07) is 4.93. The van der Waals surface area contributed by atoms with Gasteiger partial charge in [-0.05, 0) is 43.0 Å². The molecule has 1 aliphatic rings. The van der Waals surface area contributed by atoms with Crippen LogP contribution in [0.2, 0.25) is 0 Å². The second-order valence-electron chi connectivity index (χ2n) is 5.46. The Morgan fingerprint density at radius 3 is 2.55 bits per heavy atom. The number of piperidine rings is 1. The minimum absolute atomic E-state index is 0.234. The van der Waals surface area contributed by atoms with Crippen molar-refractivity contribution >= 4 is 11.5 Å². The number of alkyl halides is 3. The molecule has 1 fully saturated rings. The van der Waals surface area contributed by atoms with Crippen LogP contribution in [0.15, 0.2) is 30.3 Å². The molecule has 1 heterocycles. The molecule has 1 aromatic carbocycles. The van der Waals surface area contributed by atoms with Crippen molar-refractivity contribution in [2.24, 2.45) is 0 Å². The number of likely N-dealkylation sites (tertiary alicyclic amines) is 1. The van der Waals surface area contributed by atoms with Gasteiger partial charge in [-0.3, -0.25) is 4.79 Å². The van der Waals surface area contributed by atoms with Gasteiger partial charge in [0.25, 0.3) is 0 Å². The maximum absolute atomic E-state index is 12.7. The third kappa shape index (κ3) is 4.10. The number of carbonyl (C=O) groups excluding carboxylic acids is 1. The van der Waals surface area contributed by atoms with Crippen molar-refractivity contribution in [2.75, 3.05) is 13.1 Å². The number of aliphatic hydroxyl groups is 1. The van der Waals surface area contributed by atoms with E-state index in [1.165, 1.54) is 12.1 Å². The summed E-state index contributed by atoms with van der Waals surface area (Å²) in [5.41, 5.74) is 0.133. The Morgan fingerprint density at radius 1 is 1.32 bits per heavy atom. The van der Waals surface area contributed by atoms with Crippen LogP contribution in [-0.2, 0) is 11.0 Å². The Labute approximate surface area is 127 Å². The molecule has 120 valence electrons. The first-order valence-corrected chi connectivity index (χ1v) is 7.10. The summed E-state index contributed by atoms with van der Waals surface area (Å²) in [7, 11) is 0. The van der Waals surface area contributed by atoms with Gasteiger partial charge in [0.1, 0.15) is 0 Å². The molecule has 0 atom stereocenters. The highest BCUT2D eigenvalue weighted by molar-refractivity contribution is 5.95. The smallest absolute Gasteiger partial charge is 0.393 e. The molecular weight excluding hydrogens is 295 g/mol. The minimum atomic E-state index is -4.40. The van der Waals surface area contributed by atoms with Gasteiger partial charge >= 0.3 is 6.18 Å². The van der Waals surface area contributed by atoms with Gasteiger partial charge in [0, 0.05) is 19.2 Å². The van der Waals surface area contributed by atoms with E-state index in [-0.39, 0.29) is 12.0 Å². The molecule has 1 amide bonds. The fourth-order valence-corrected chi connectivity index (χ4v) is 2.39. The van der Waals surface area contributed by atoms with Crippen LogP contribution in [0.4, 0.5) is 13.2 Å². The topological polar surface area (TPSA) is 40.5 Å². The van der Waals surface area contributed by atoms with Gasteiger partial charge in [0.15, 0.2) is 0 Å². The van der Waals surface area contributed by atoms with Crippen LogP contribution < -0.4 is 0 Å². The van der Waals surface area contributed by atoms with Gasteiger partial charge in [-0.15, -0.1) is 0 Å². The fraction of sp³-hybridized carbons (Fsp3) is 0.438. The third-order valence-electron chi connectivity index (χ3n) is 3.76. The van der Waals surface area contributed by atoms with Crippen molar-refractivity contribution in [3.63, 3.8) is 0 Å². The maximum Gasteiger partial charge on any atom is 0.416 e. The van der Waals surface area contributed by atoms with E-state index in [0.29, 0.717) is 37.1 Å². The number of hydrogen-bond acceptors (Lipinski definition) is 2. The first-order valence-electron chi connectivity index (χ1n) is 7.10. The third-order valence-corrected chi connectivity index (χ3v) is 3.76. The zero-order valence-corrected chi connectivity index (χ0v) is 12.2. The average molecular weight is 313 g/mol. The summed E-state index contributed by atoms with van der Waals surface area (Å²) in [6.45, 7) is 2.55. The number of halogens is 3. The quantitative estimate of drug-likeness (QED) is 0.852. The molecule has 0 unspecified atom stereocenters. The second-order valence-corrected chi connectivity index (χ2v) is 5.46. The minimum Gasteiger partial charge on any atom is -0.393 e. The van der Waals surface area contributed by atoms with Crippen LogP contribution in [0.25, 0.3) is 5.57 Å². The monoisotopic (exact) mass is 313 g/mol. The van der Waals surface area contributed by atoms with E-state index in [0.717, 1.165) is 12.1 Å². The van der Waals surface area contributed by atoms with Crippen LogP contribution >= 0.6 is 0 Å². The fourth-order valence-electron chi connectivity index (χ4n) is 2.39. The number of amides is 1. The van der Waals surface area contributed by atoms with Crippen molar-refractivity contribution in [1.29, 1.82) is 0 Å². The highest BCUT2D eigenvalue weighted by Crippen LogP contribution is 2.30. The number of allylic oxidation sites excluding steroid dienone is 1. The van der Waals surface area contributed by atoms with Gasteiger partial charge in [0.2, 0.25) is 5.91 Å². The molecule has 0 spiro atoms. The van der Waals surface area contributed by atoms with Gasteiger partial charge in [-0.1, -0.05) is 12.1 Å². The molecule has 1 N–H and O–H groups in total. The molecule has 1 aliphatic heterocycles. The van der Waals surface area contributed by atoms with Crippen molar-refractivity contribution < 1.29 is 23.1 Å². The Morgan fingerprint density at radius 2 is 1.95 bits per heavy atom. The second kappa shape index (κ2) is 6.52. The van der Waals surface area contributed by atoms with E-state index in [1.54, 1.807) is 17.9 Å². The largest absolute Gasteiger partial charge is 0.416 e. The normalized spacial score (nSPS) is 17.7. The van der Waals surface area contributed by atoms with Crippen LogP contribution in [0.1, 0.15) is 30.9 Å². The lowest BCUT2D eigenvalue weighted by Gasteiger charge is -2.28. The van der Waals surface area contributed by atoms with E-state index in [4.69, 9.17) is 0 Å². The molecule has 3 nitrogen and oxygen atoms in total. The van der Waals surface area contributed by atoms with Crippen molar-refractivity contribution in [3.05, 3.63) is 41.5 Å². The highest BCUT2D eigenvalue weighted by atomic mass is 19.4. The van der Waals surface area contributed by atoms with E-state index >= 15 is 0 Å². The lowest BCUT2D eigenvalue weighted by molar-refractivity contribution is -0.137. The van der Waals surface area contributed by atoms with Crippen molar-refractivity contribution in [3.8, 4) is 0 Å². The zero-order valence-electron chi connectivity index (χ0n) is 12.2. The Bertz CT molecular complexity index is 573. The van der Waals surface area contributed by atoms with Crippen LogP contribution in [0.5, 0.6) is 0 Å². The van der Waals surface area contributed by atoms with Gasteiger partial charge in [-0.25, -0.2) is 0 Å². The lowest BCUT2D eigenvalue weighted by atomic mass is 10.0. The molecule has 0 saturated carbocycles. The predicted octanol–water partition coefficient (Wildman–Crippen LogP) is 3.09. The summed E-state index contributed by atoms with van der Waals surface area (Å²) in [5.74, 6) is -0.234. The van der Waals surface area contributed by atoms with E-state index in [2.05, 4.69) is 0 Å². The number of carbonyl (C=O) groups is 1. The number of hydrogen-bond donors (Lipinski definition) is 1. The zero-order chi connectivity index (χ0) is 16.3. The van der Waals surface area contributed by atoms with Crippen molar-refractivity contribution in [2.45, 2.75) is 32.0 Å². The molecular formula is C16H18F3NO2. The highest BCUT2D eigenvalue weighted by Gasteiger charge is 2.30. The Kier molecular flexibility index (Phi) is 4.90. The molecule has 2 rings (SSSR count). The molecule has 1 aromatic rings. The molecule has 22 heavy (non-hydrogen) atoms. The molecule has 6 heteroatoms. The molecule has 1 saturated heterocycles. The standard InChI is InChI=1S/C16H18F3NO2/c1-11(9-15(22)20-7-5-14(21)6-8-20)12-3-2-4-13(10-12)16(17,18)19/h2-4,9-10,14,21H,5-8H2,1H3/b11-9+. The lowest BCUT2D eigenvalue weighted by Crippen LogP contribution is -2.39. The predicted molar refractivity (Wildman–Crippen MR) is 76.9 cm³/mol. The first kappa shape index (κ1) is 16.5. The summed E-state index contributed by atoms with van der Waals surface area (Å²) in [6.07, 6.45) is -2.36. The van der Waals surface area contributed by atoms with Crippen molar-refractivity contribution in [1.82, 2.24) is 4.90 Å². The summed E-state index contributed by atoms with van der Waals surface area (Å²) in [5, 5.41) is 9.42. The summed E-state index contributed by atoms with van der Waals surface area (Å²) >= 11 is 0. The number of nitrogens with zero attached hydrogens (tertiary/aromatic N) is 1. The Hall–Kier alpha value is -1.82. The van der Waals surface area contributed by atoms with Crippen LogP contribution in [0.3, 0.4) is 0 Å². The van der Waals surface area contributed by atoms with Gasteiger partial charge < -0.3 is 10.0 Å². The number of benzene rings is 1. The van der Waals surface area contributed by atoms with E-state index < -0.39 is 11.7 Å². The number of aliphatic hydroxyl groups excluding tert-OH is 1. The number of rotatable bonds is 2.